The van der Waals surface area contributed by atoms with E-state index in [-0.39, 0.29) is 17.9 Å². The van der Waals surface area contributed by atoms with Gasteiger partial charge in [-0.25, -0.2) is 0 Å². The fourth-order valence-corrected chi connectivity index (χ4v) is 2.66. The number of piperidine rings is 1. The van der Waals surface area contributed by atoms with Crippen molar-refractivity contribution in [3.05, 3.63) is 0 Å². The Hall–Kier alpha value is -0.650. The van der Waals surface area contributed by atoms with Crippen molar-refractivity contribution in [2.24, 2.45) is 5.41 Å². The Morgan fingerprint density at radius 2 is 2.11 bits per heavy atom. The number of carbonyl (C=O) groups excluding carboxylic acids is 1. The number of hydrogen-bond acceptors (Lipinski definition) is 4. The van der Waals surface area contributed by atoms with Gasteiger partial charge in [0.15, 0.2) is 6.10 Å². The van der Waals surface area contributed by atoms with Gasteiger partial charge < -0.3 is 19.5 Å². The minimum atomic E-state index is -0.429. The number of aliphatic hydroxyl groups excluding tert-OH is 1. The highest BCUT2D eigenvalue weighted by atomic mass is 16.6. The van der Waals surface area contributed by atoms with Gasteiger partial charge in [0.25, 0.3) is 5.91 Å². The molecule has 104 valence electrons. The highest BCUT2D eigenvalue weighted by Crippen LogP contribution is 2.34. The van der Waals surface area contributed by atoms with Crippen molar-refractivity contribution in [1.29, 1.82) is 0 Å². The third-order valence-electron chi connectivity index (χ3n) is 4.31. The van der Waals surface area contributed by atoms with Crippen molar-refractivity contribution >= 4 is 5.91 Å². The smallest absolute Gasteiger partial charge is 0.254 e. The molecule has 0 radical (unpaired) electrons. The Balaban J connectivity index is 1.87. The van der Waals surface area contributed by atoms with Gasteiger partial charge in [0, 0.05) is 19.7 Å². The second kappa shape index (κ2) is 5.99. The quantitative estimate of drug-likeness (QED) is 0.795. The topological polar surface area (TPSA) is 59.0 Å². The number of rotatable bonds is 3. The first-order valence-corrected chi connectivity index (χ1v) is 6.80. The third-order valence-corrected chi connectivity index (χ3v) is 4.31. The number of hydrogen-bond donors (Lipinski definition) is 1. The van der Waals surface area contributed by atoms with E-state index in [1.807, 2.05) is 4.90 Å². The molecule has 2 rings (SSSR count). The molecule has 0 spiro atoms. The fraction of sp³-hybridized carbons (Fsp3) is 0.923. The van der Waals surface area contributed by atoms with Crippen LogP contribution in [0.2, 0.25) is 0 Å². The fourth-order valence-electron chi connectivity index (χ4n) is 2.66. The van der Waals surface area contributed by atoms with E-state index in [1.54, 1.807) is 0 Å². The molecule has 1 atom stereocenters. The SMILES string of the molecule is CCC1(CO)CCN(C(=O)C2COCCO2)CC1. The average Bonchev–Trinajstić information content (AvgIpc) is 2.47. The van der Waals surface area contributed by atoms with Gasteiger partial charge in [0.1, 0.15) is 0 Å². The number of likely N-dealkylation sites (tertiary alicyclic amines) is 1. The normalized spacial score (nSPS) is 28.1. The number of amides is 1. The molecule has 0 aliphatic carbocycles. The van der Waals surface area contributed by atoms with Crippen LogP contribution in [-0.2, 0) is 14.3 Å². The molecular weight excluding hydrogens is 234 g/mol. The minimum Gasteiger partial charge on any atom is -0.396 e. The molecule has 0 aromatic rings. The second-order valence-electron chi connectivity index (χ2n) is 5.27. The van der Waals surface area contributed by atoms with Crippen LogP contribution in [-0.4, -0.2) is 61.5 Å². The molecule has 2 fully saturated rings. The summed E-state index contributed by atoms with van der Waals surface area (Å²) >= 11 is 0. The van der Waals surface area contributed by atoms with Crippen LogP contribution in [0.5, 0.6) is 0 Å². The largest absolute Gasteiger partial charge is 0.396 e. The molecule has 1 unspecified atom stereocenters. The monoisotopic (exact) mass is 257 g/mol. The first-order chi connectivity index (χ1) is 8.71. The van der Waals surface area contributed by atoms with Gasteiger partial charge in [-0.05, 0) is 24.7 Å². The van der Waals surface area contributed by atoms with Gasteiger partial charge in [-0.1, -0.05) is 6.92 Å². The Morgan fingerprint density at radius 3 is 2.61 bits per heavy atom. The molecule has 2 saturated heterocycles. The highest BCUT2D eigenvalue weighted by molar-refractivity contribution is 5.81. The van der Waals surface area contributed by atoms with Crippen molar-refractivity contribution in [2.75, 3.05) is 39.5 Å². The zero-order valence-corrected chi connectivity index (χ0v) is 11.1. The Morgan fingerprint density at radius 1 is 1.39 bits per heavy atom. The summed E-state index contributed by atoms with van der Waals surface area (Å²) in [5.74, 6) is 0.0392. The predicted molar refractivity (Wildman–Crippen MR) is 66.2 cm³/mol. The van der Waals surface area contributed by atoms with Gasteiger partial charge in [0.05, 0.1) is 19.8 Å². The van der Waals surface area contributed by atoms with E-state index < -0.39 is 6.10 Å². The van der Waals surface area contributed by atoms with Crippen molar-refractivity contribution in [1.82, 2.24) is 4.90 Å². The van der Waals surface area contributed by atoms with Gasteiger partial charge in [0.2, 0.25) is 0 Å². The summed E-state index contributed by atoms with van der Waals surface area (Å²) in [4.78, 5) is 14.0. The molecule has 1 N–H and O–H groups in total. The molecule has 1 amide bonds. The van der Waals surface area contributed by atoms with Crippen LogP contribution >= 0.6 is 0 Å². The first kappa shape index (κ1) is 13.8. The Kier molecular flexibility index (Phi) is 4.59. The van der Waals surface area contributed by atoms with E-state index in [4.69, 9.17) is 9.47 Å². The van der Waals surface area contributed by atoms with E-state index >= 15 is 0 Å². The van der Waals surface area contributed by atoms with Crippen LogP contribution in [0.1, 0.15) is 26.2 Å². The molecule has 0 aromatic carbocycles. The molecule has 0 aromatic heterocycles. The Labute approximate surface area is 108 Å². The molecule has 2 aliphatic heterocycles. The predicted octanol–water partition coefficient (Wildman–Crippen LogP) is 0.413. The average molecular weight is 257 g/mol. The van der Waals surface area contributed by atoms with Crippen molar-refractivity contribution in [2.45, 2.75) is 32.3 Å². The van der Waals surface area contributed by atoms with Crippen LogP contribution in [0.3, 0.4) is 0 Å². The lowest BCUT2D eigenvalue weighted by Crippen LogP contribution is -2.50. The first-order valence-electron chi connectivity index (χ1n) is 6.80. The molecule has 5 nitrogen and oxygen atoms in total. The summed E-state index contributed by atoms with van der Waals surface area (Å²) in [5, 5.41) is 9.47. The summed E-state index contributed by atoms with van der Waals surface area (Å²) in [6, 6.07) is 0. The Bertz CT molecular complexity index is 275. The van der Waals surface area contributed by atoms with Crippen molar-refractivity contribution in [3.63, 3.8) is 0 Å². The van der Waals surface area contributed by atoms with E-state index in [9.17, 15) is 9.90 Å². The van der Waals surface area contributed by atoms with Gasteiger partial charge in [-0.2, -0.15) is 0 Å². The number of carbonyl (C=O) groups is 1. The molecule has 2 aliphatic rings. The summed E-state index contributed by atoms with van der Waals surface area (Å²) in [6.07, 6.45) is 2.29. The zero-order chi connectivity index (χ0) is 13.0. The van der Waals surface area contributed by atoms with Crippen LogP contribution in [0.15, 0.2) is 0 Å². The van der Waals surface area contributed by atoms with Crippen LogP contribution in [0.25, 0.3) is 0 Å². The maximum atomic E-state index is 12.2. The van der Waals surface area contributed by atoms with E-state index in [0.717, 1.165) is 19.3 Å². The maximum absolute atomic E-state index is 12.2. The number of aliphatic hydroxyl groups is 1. The summed E-state index contributed by atoms with van der Waals surface area (Å²) in [5.41, 5.74) is 0.0146. The summed E-state index contributed by atoms with van der Waals surface area (Å²) in [7, 11) is 0. The molecular formula is C13H23NO4. The number of ether oxygens (including phenoxy) is 2. The maximum Gasteiger partial charge on any atom is 0.254 e. The van der Waals surface area contributed by atoms with Gasteiger partial charge in [-0.15, -0.1) is 0 Å². The van der Waals surface area contributed by atoms with Crippen molar-refractivity contribution < 1.29 is 19.4 Å². The lowest BCUT2D eigenvalue weighted by molar-refractivity contribution is -0.160. The summed E-state index contributed by atoms with van der Waals surface area (Å²) < 4.78 is 10.7. The lowest BCUT2D eigenvalue weighted by Gasteiger charge is -2.41. The van der Waals surface area contributed by atoms with Gasteiger partial charge in [-0.3, -0.25) is 4.79 Å². The van der Waals surface area contributed by atoms with Crippen LogP contribution < -0.4 is 0 Å². The molecule has 2 heterocycles. The van der Waals surface area contributed by atoms with E-state index in [1.165, 1.54) is 0 Å². The zero-order valence-electron chi connectivity index (χ0n) is 11.1. The molecule has 18 heavy (non-hydrogen) atoms. The van der Waals surface area contributed by atoms with Crippen LogP contribution in [0.4, 0.5) is 0 Å². The standard InChI is InChI=1S/C13H23NO4/c1-2-13(10-15)3-5-14(6-4-13)12(16)11-9-17-7-8-18-11/h11,15H,2-10H2,1H3. The lowest BCUT2D eigenvalue weighted by atomic mass is 9.77. The molecule has 5 heteroatoms. The van der Waals surface area contributed by atoms with Crippen LogP contribution in [0, 0.1) is 5.41 Å². The van der Waals surface area contributed by atoms with E-state index in [0.29, 0.717) is 32.9 Å². The molecule has 0 saturated carbocycles. The highest BCUT2D eigenvalue weighted by Gasteiger charge is 2.36. The minimum absolute atomic E-state index is 0.0146. The van der Waals surface area contributed by atoms with Gasteiger partial charge >= 0.3 is 0 Å². The second-order valence-corrected chi connectivity index (χ2v) is 5.27. The summed E-state index contributed by atoms with van der Waals surface area (Å²) in [6.45, 7) is 5.20. The van der Waals surface area contributed by atoms with E-state index in [2.05, 4.69) is 6.92 Å². The van der Waals surface area contributed by atoms with Crippen molar-refractivity contribution in [3.8, 4) is 0 Å². The third kappa shape index (κ3) is 2.84. The number of nitrogens with zero attached hydrogens (tertiary/aromatic N) is 1. The molecule has 0 bridgehead atoms.